The second-order valence-electron chi connectivity index (χ2n) is 15.6. The first-order valence-electron chi connectivity index (χ1n) is 20.7. The molecule has 0 radical (unpaired) electrons. The van der Waals surface area contributed by atoms with Crippen LogP contribution < -0.4 is 4.90 Å². The maximum absolute atomic E-state index is 7.04. The molecule has 0 saturated heterocycles. The zero-order valence-corrected chi connectivity index (χ0v) is 33.9. The molecule has 0 amide bonds. The zero-order valence-electron chi connectivity index (χ0n) is 33.1. The summed E-state index contributed by atoms with van der Waals surface area (Å²) in [5.74, 6) is 0. The van der Waals surface area contributed by atoms with Crippen molar-refractivity contribution < 1.29 is 4.42 Å². The number of benzene rings is 10. The van der Waals surface area contributed by atoms with Crippen LogP contribution in [0.25, 0.3) is 97.4 Å². The molecule has 12 aromatic rings. The van der Waals surface area contributed by atoms with Crippen LogP contribution in [0.1, 0.15) is 0 Å². The van der Waals surface area contributed by atoms with Crippen molar-refractivity contribution in [2.24, 2.45) is 0 Å². The van der Waals surface area contributed by atoms with E-state index in [1.54, 1.807) is 0 Å². The van der Waals surface area contributed by atoms with Gasteiger partial charge in [0, 0.05) is 42.5 Å². The van der Waals surface area contributed by atoms with Crippen LogP contribution in [0, 0.1) is 0 Å². The molecule has 0 aliphatic carbocycles. The average Bonchev–Trinajstić information content (AvgIpc) is 3.91. The highest BCUT2D eigenvalue weighted by Crippen LogP contribution is 2.48. The number of hydrogen-bond acceptors (Lipinski definition) is 3. The van der Waals surface area contributed by atoms with Gasteiger partial charge in [-0.3, -0.25) is 0 Å². The third kappa shape index (κ3) is 6.01. The van der Waals surface area contributed by atoms with Gasteiger partial charge in [0.2, 0.25) is 0 Å². The van der Waals surface area contributed by atoms with Crippen molar-refractivity contribution in [3.05, 3.63) is 224 Å². The Bertz CT molecular complexity index is 3470. The Morgan fingerprint density at radius 3 is 1.61 bits per heavy atom. The summed E-state index contributed by atoms with van der Waals surface area (Å²) in [4.78, 5) is 2.37. The Morgan fingerprint density at radius 1 is 0.377 bits per heavy atom. The van der Waals surface area contributed by atoms with E-state index in [1.165, 1.54) is 64.3 Å². The van der Waals surface area contributed by atoms with E-state index >= 15 is 0 Å². The summed E-state index contributed by atoms with van der Waals surface area (Å²) in [7, 11) is 0. The summed E-state index contributed by atoms with van der Waals surface area (Å²) >= 11 is 1.87. The second kappa shape index (κ2) is 14.5. The van der Waals surface area contributed by atoms with Crippen molar-refractivity contribution in [2.75, 3.05) is 4.90 Å². The number of furan rings is 1. The molecule has 0 fully saturated rings. The van der Waals surface area contributed by atoms with E-state index < -0.39 is 0 Å². The normalized spacial score (nSPS) is 11.6. The van der Waals surface area contributed by atoms with Gasteiger partial charge in [0.05, 0.1) is 11.1 Å². The molecule has 0 spiro atoms. The Balaban J connectivity index is 1.03. The molecule has 2 heterocycles. The predicted octanol–water partition coefficient (Wildman–Crippen LogP) is 17.2. The summed E-state index contributed by atoms with van der Waals surface area (Å²) in [6.45, 7) is 0. The zero-order chi connectivity index (χ0) is 40.3. The van der Waals surface area contributed by atoms with Crippen molar-refractivity contribution in [2.45, 2.75) is 0 Å². The van der Waals surface area contributed by atoms with Crippen molar-refractivity contribution in [1.82, 2.24) is 0 Å². The second-order valence-corrected chi connectivity index (χ2v) is 16.7. The molecule has 10 aromatic carbocycles. The highest BCUT2D eigenvalue weighted by molar-refractivity contribution is 7.26. The third-order valence-electron chi connectivity index (χ3n) is 12.1. The van der Waals surface area contributed by atoms with E-state index in [-0.39, 0.29) is 0 Å². The average molecular weight is 796 g/mol. The largest absolute Gasteiger partial charge is 0.455 e. The van der Waals surface area contributed by atoms with Crippen LogP contribution in [0.5, 0.6) is 0 Å². The molecule has 2 aromatic heterocycles. The Hall–Kier alpha value is -7.72. The van der Waals surface area contributed by atoms with Gasteiger partial charge in [0.25, 0.3) is 0 Å². The Kier molecular flexibility index (Phi) is 8.39. The van der Waals surface area contributed by atoms with Gasteiger partial charge in [0.1, 0.15) is 11.2 Å². The van der Waals surface area contributed by atoms with Crippen molar-refractivity contribution in [3.63, 3.8) is 0 Å². The molecule has 0 saturated carbocycles. The van der Waals surface area contributed by atoms with Crippen molar-refractivity contribution in [1.29, 1.82) is 0 Å². The van der Waals surface area contributed by atoms with Crippen molar-refractivity contribution >= 4 is 81.3 Å². The lowest BCUT2D eigenvalue weighted by Crippen LogP contribution is -2.10. The minimum Gasteiger partial charge on any atom is -0.455 e. The molecule has 12 rings (SSSR count). The molecular weight excluding hydrogens is 759 g/mol. The number of anilines is 3. The quantitative estimate of drug-likeness (QED) is 0.160. The monoisotopic (exact) mass is 795 g/mol. The fourth-order valence-electron chi connectivity index (χ4n) is 9.16. The van der Waals surface area contributed by atoms with Crippen LogP contribution in [0.3, 0.4) is 0 Å². The van der Waals surface area contributed by atoms with Crippen molar-refractivity contribution in [3.8, 4) is 44.5 Å². The van der Waals surface area contributed by atoms with E-state index in [0.29, 0.717) is 0 Å². The van der Waals surface area contributed by atoms with Gasteiger partial charge < -0.3 is 9.32 Å². The molecule has 0 aliphatic heterocycles. The molecular formula is C58H37NOS. The van der Waals surface area contributed by atoms with E-state index in [2.05, 4.69) is 229 Å². The molecule has 0 bridgehead atoms. The lowest BCUT2D eigenvalue weighted by atomic mass is 9.93. The first kappa shape index (κ1) is 35.2. The van der Waals surface area contributed by atoms with Crippen LogP contribution >= 0.6 is 11.3 Å². The van der Waals surface area contributed by atoms with E-state index in [4.69, 9.17) is 4.42 Å². The maximum Gasteiger partial charge on any atom is 0.143 e. The van der Waals surface area contributed by atoms with Crippen LogP contribution in [0.15, 0.2) is 229 Å². The van der Waals surface area contributed by atoms with Crippen LogP contribution in [-0.2, 0) is 0 Å². The molecule has 0 N–H and O–H groups in total. The molecule has 2 nitrogen and oxygen atoms in total. The number of thiophene rings is 1. The van der Waals surface area contributed by atoms with Gasteiger partial charge in [-0.2, -0.15) is 0 Å². The summed E-state index contributed by atoms with van der Waals surface area (Å²) < 4.78 is 9.68. The summed E-state index contributed by atoms with van der Waals surface area (Å²) in [5, 5.41) is 7.13. The van der Waals surface area contributed by atoms with Gasteiger partial charge in [-0.15, -0.1) is 11.3 Å². The summed E-state index contributed by atoms with van der Waals surface area (Å²) in [6.07, 6.45) is 0. The minimum atomic E-state index is 0.851. The molecule has 286 valence electrons. The number of nitrogens with zero attached hydrogens (tertiary/aromatic N) is 1. The fraction of sp³-hybridized carbons (Fsp3) is 0. The van der Waals surface area contributed by atoms with E-state index in [0.717, 1.165) is 50.1 Å². The van der Waals surface area contributed by atoms with Gasteiger partial charge in [-0.05, 0) is 98.2 Å². The van der Waals surface area contributed by atoms with Gasteiger partial charge in [-0.25, -0.2) is 0 Å². The third-order valence-corrected chi connectivity index (χ3v) is 13.3. The highest BCUT2D eigenvalue weighted by atomic mass is 32.1. The lowest BCUT2D eigenvalue weighted by Gasteiger charge is -2.26. The standard InChI is InChI=1S/C58H37NOS/c1-3-13-38(14-4-1)40-29-33-45(34-30-40)59(46-35-31-41(32-36-46)39-15-5-2-6-16-39)52-22-12-23-53-56(52)51-37-44-17-7-8-18-47(44)55(57(51)60-53)43-27-25-42(26-28-43)48-20-11-21-50-49-19-9-10-24-54(49)61-58(48)50/h1-37H. The number of fused-ring (bicyclic) bond motifs is 7. The predicted molar refractivity (Wildman–Crippen MR) is 261 cm³/mol. The summed E-state index contributed by atoms with van der Waals surface area (Å²) in [5.41, 5.74) is 14.4. The first-order valence-corrected chi connectivity index (χ1v) is 21.6. The first-order chi connectivity index (χ1) is 30.2. The fourth-order valence-corrected chi connectivity index (χ4v) is 10.4. The Morgan fingerprint density at radius 2 is 0.918 bits per heavy atom. The highest BCUT2D eigenvalue weighted by Gasteiger charge is 2.23. The molecule has 0 aliphatic rings. The van der Waals surface area contributed by atoms with Gasteiger partial charge >= 0.3 is 0 Å². The smallest absolute Gasteiger partial charge is 0.143 e. The maximum atomic E-state index is 7.04. The Labute approximate surface area is 357 Å². The number of rotatable bonds is 7. The van der Waals surface area contributed by atoms with E-state index in [1.807, 2.05) is 11.3 Å². The number of hydrogen-bond donors (Lipinski definition) is 0. The van der Waals surface area contributed by atoms with Crippen LogP contribution in [0.4, 0.5) is 17.1 Å². The molecule has 3 heteroatoms. The molecule has 61 heavy (non-hydrogen) atoms. The topological polar surface area (TPSA) is 16.4 Å². The lowest BCUT2D eigenvalue weighted by molar-refractivity contribution is 0.670. The molecule has 0 atom stereocenters. The van der Waals surface area contributed by atoms with Crippen LogP contribution in [-0.4, -0.2) is 0 Å². The van der Waals surface area contributed by atoms with Gasteiger partial charge in [-0.1, -0.05) is 176 Å². The SMILES string of the molecule is c1ccc(-c2ccc(N(c3ccc(-c4ccccc4)cc3)c3cccc4oc5c(-c6ccc(-c7cccc8c7sc7ccccc78)cc6)c6ccccc6cc5c34)cc2)cc1. The van der Waals surface area contributed by atoms with Gasteiger partial charge in [0.15, 0.2) is 0 Å². The van der Waals surface area contributed by atoms with E-state index in [9.17, 15) is 0 Å². The minimum absolute atomic E-state index is 0.851. The summed E-state index contributed by atoms with van der Waals surface area (Å²) in [6, 6.07) is 80.9. The molecule has 0 unspecified atom stereocenters. The van der Waals surface area contributed by atoms with Crippen LogP contribution in [0.2, 0.25) is 0 Å².